The van der Waals surface area contributed by atoms with Gasteiger partial charge in [-0.05, 0) is 30.3 Å². The Labute approximate surface area is 132 Å². The van der Waals surface area contributed by atoms with Crippen LogP contribution in [-0.2, 0) is 0 Å². The van der Waals surface area contributed by atoms with Gasteiger partial charge in [0, 0.05) is 5.56 Å². The van der Waals surface area contributed by atoms with Crippen LogP contribution >= 0.6 is 11.3 Å². The summed E-state index contributed by atoms with van der Waals surface area (Å²) in [5, 5.41) is 14.1. The molecule has 5 nitrogen and oxygen atoms in total. The molecule has 0 aliphatic heterocycles. The zero-order valence-corrected chi connectivity index (χ0v) is 12.1. The van der Waals surface area contributed by atoms with Crippen molar-refractivity contribution in [2.24, 2.45) is 0 Å². The van der Waals surface area contributed by atoms with Gasteiger partial charge in [-0.15, -0.1) is 0 Å². The van der Waals surface area contributed by atoms with E-state index in [9.17, 15) is 14.0 Å². The number of halogens is 2. The number of fused-ring (bicyclic) bond motifs is 1. The second kappa shape index (κ2) is 5.00. The highest BCUT2D eigenvalue weighted by Crippen LogP contribution is 2.31. The molecule has 0 spiro atoms. The van der Waals surface area contributed by atoms with Crippen LogP contribution in [0.4, 0.5) is 8.78 Å². The number of hydrogen-bond acceptors (Lipinski definition) is 5. The van der Waals surface area contributed by atoms with Gasteiger partial charge in [-0.1, -0.05) is 11.3 Å². The Morgan fingerprint density at radius 3 is 2.78 bits per heavy atom. The Balaban J connectivity index is 1.88. The van der Waals surface area contributed by atoms with Gasteiger partial charge in [0.2, 0.25) is 4.96 Å². The van der Waals surface area contributed by atoms with Gasteiger partial charge in [0.1, 0.15) is 16.8 Å². The van der Waals surface area contributed by atoms with Gasteiger partial charge in [0.05, 0.1) is 6.26 Å². The molecule has 0 unspecified atom stereocenters. The van der Waals surface area contributed by atoms with Crippen LogP contribution in [0.15, 0.2) is 41.0 Å². The minimum atomic E-state index is -0.952. The molecule has 8 heteroatoms. The van der Waals surface area contributed by atoms with Crippen LogP contribution in [0.5, 0.6) is 0 Å². The van der Waals surface area contributed by atoms with Crippen LogP contribution in [0.1, 0.15) is 5.69 Å². The van der Waals surface area contributed by atoms with Crippen LogP contribution in [0.3, 0.4) is 0 Å². The fourth-order valence-electron chi connectivity index (χ4n) is 2.18. The van der Waals surface area contributed by atoms with E-state index in [1.54, 1.807) is 12.1 Å². The van der Waals surface area contributed by atoms with Gasteiger partial charge in [0.15, 0.2) is 23.1 Å². The molecule has 1 aromatic carbocycles. The average molecular weight is 328 g/mol. The quantitative estimate of drug-likeness (QED) is 0.560. The van der Waals surface area contributed by atoms with E-state index in [1.165, 1.54) is 28.2 Å². The summed E-state index contributed by atoms with van der Waals surface area (Å²) in [4.78, 5) is 4.81. The standard InChI is InChI=1S/C15H6F2N4OS/c16-9-4-3-8(6-10(9)17)14-20-21-11(7-18)13(19-15(21)23-14)12-2-1-5-22-12/h1-6H. The largest absolute Gasteiger partial charge is 0.463 e. The second-order valence-electron chi connectivity index (χ2n) is 4.63. The smallest absolute Gasteiger partial charge is 0.214 e. The molecule has 0 aliphatic carbocycles. The van der Waals surface area contributed by atoms with Gasteiger partial charge in [-0.2, -0.15) is 14.9 Å². The van der Waals surface area contributed by atoms with Crippen LogP contribution < -0.4 is 0 Å². The van der Waals surface area contributed by atoms with E-state index >= 15 is 0 Å². The van der Waals surface area contributed by atoms with E-state index in [0.29, 0.717) is 27.0 Å². The first-order valence-electron chi connectivity index (χ1n) is 6.46. The van der Waals surface area contributed by atoms with Crippen LogP contribution in [0, 0.1) is 23.0 Å². The summed E-state index contributed by atoms with van der Waals surface area (Å²) in [6, 6.07) is 8.96. The van der Waals surface area contributed by atoms with Crippen LogP contribution in [0.2, 0.25) is 0 Å². The lowest BCUT2D eigenvalue weighted by Gasteiger charge is -1.97. The Bertz CT molecular complexity index is 1060. The Hall–Kier alpha value is -3.05. The molecule has 0 bridgehead atoms. The van der Waals surface area contributed by atoms with Crippen molar-refractivity contribution in [1.82, 2.24) is 14.6 Å². The number of nitrogens with zero attached hydrogens (tertiary/aromatic N) is 4. The molecule has 3 aromatic heterocycles. The SMILES string of the molecule is N#Cc1c(-c2ccco2)nc2sc(-c3ccc(F)c(F)c3)nn12. The van der Waals surface area contributed by atoms with E-state index in [1.807, 2.05) is 6.07 Å². The fraction of sp³-hybridized carbons (Fsp3) is 0. The maximum Gasteiger partial charge on any atom is 0.214 e. The molecular weight excluding hydrogens is 322 g/mol. The zero-order chi connectivity index (χ0) is 16.0. The van der Waals surface area contributed by atoms with Crippen molar-refractivity contribution < 1.29 is 13.2 Å². The molecular formula is C15H6F2N4OS. The van der Waals surface area contributed by atoms with Gasteiger partial charge in [-0.3, -0.25) is 0 Å². The number of hydrogen-bond donors (Lipinski definition) is 0. The molecule has 3 heterocycles. The summed E-state index contributed by atoms with van der Waals surface area (Å²) in [7, 11) is 0. The molecule has 0 atom stereocenters. The molecule has 112 valence electrons. The monoisotopic (exact) mass is 328 g/mol. The third kappa shape index (κ3) is 2.10. The molecule has 0 N–H and O–H groups in total. The first-order chi connectivity index (χ1) is 11.2. The zero-order valence-electron chi connectivity index (χ0n) is 11.3. The van der Waals surface area contributed by atoms with Crippen molar-refractivity contribution in [3.8, 4) is 28.1 Å². The van der Waals surface area contributed by atoms with Crippen molar-refractivity contribution in [1.29, 1.82) is 5.26 Å². The number of benzene rings is 1. The molecule has 0 saturated heterocycles. The highest BCUT2D eigenvalue weighted by molar-refractivity contribution is 7.19. The Morgan fingerprint density at radius 1 is 1.22 bits per heavy atom. The number of aromatic nitrogens is 3. The topological polar surface area (TPSA) is 67.1 Å². The first-order valence-corrected chi connectivity index (χ1v) is 7.28. The third-order valence-electron chi connectivity index (χ3n) is 3.23. The molecule has 0 amide bonds. The maximum absolute atomic E-state index is 13.4. The molecule has 4 aromatic rings. The minimum absolute atomic E-state index is 0.222. The third-order valence-corrected chi connectivity index (χ3v) is 4.19. The lowest BCUT2D eigenvalue weighted by atomic mass is 10.2. The Kier molecular flexibility index (Phi) is 2.96. The van der Waals surface area contributed by atoms with E-state index in [4.69, 9.17) is 4.42 Å². The van der Waals surface area contributed by atoms with Crippen LogP contribution in [0.25, 0.3) is 27.0 Å². The van der Waals surface area contributed by atoms with Gasteiger partial charge in [-0.25, -0.2) is 13.8 Å². The molecule has 4 rings (SSSR count). The molecule has 0 saturated carbocycles. The van der Waals surface area contributed by atoms with Crippen LogP contribution in [-0.4, -0.2) is 14.6 Å². The normalized spacial score (nSPS) is 11.0. The lowest BCUT2D eigenvalue weighted by molar-refractivity contribution is 0.509. The lowest BCUT2D eigenvalue weighted by Crippen LogP contribution is -1.91. The van der Waals surface area contributed by atoms with E-state index in [-0.39, 0.29) is 5.69 Å². The summed E-state index contributed by atoms with van der Waals surface area (Å²) < 4.78 is 33.0. The van der Waals surface area contributed by atoms with Gasteiger partial charge < -0.3 is 4.42 Å². The van der Waals surface area contributed by atoms with Crippen molar-refractivity contribution in [3.05, 3.63) is 53.9 Å². The van der Waals surface area contributed by atoms with E-state index in [2.05, 4.69) is 10.1 Å². The van der Waals surface area contributed by atoms with Gasteiger partial charge >= 0.3 is 0 Å². The van der Waals surface area contributed by atoms with Crippen molar-refractivity contribution >= 4 is 16.3 Å². The Morgan fingerprint density at radius 2 is 2.09 bits per heavy atom. The van der Waals surface area contributed by atoms with E-state index in [0.717, 1.165) is 12.1 Å². The number of imidazole rings is 1. The highest BCUT2D eigenvalue weighted by atomic mass is 32.1. The summed E-state index contributed by atoms with van der Waals surface area (Å²) in [6.45, 7) is 0. The average Bonchev–Trinajstić information content (AvgIpc) is 3.23. The predicted molar refractivity (Wildman–Crippen MR) is 78.6 cm³/mol. The number of rotatable bonds is 2. The highest BCUT2D eigenvalue weighted by Gasteiger charge is 2.20. The minimum Gasteiger partial charge on any atom is -0.463 e. The van der Waals surface area contributed by atoms with Gasteiger partial charge in [0.25, 0.3) is 0 Å². The number of nitriles is 1. The summed E-state index contributed by atoms with van der Waals surface area (Å²) in [5.41, 5.74) is 1.04. The predicted octanol–water partition coefficient (Wildman–Crippen LogP) is 3.87. The number of furan rings is 1. The van der Waals surface area contributed by atoms with Crippen molar-refractivity contribution in [2.45, 2.75) is 0 Å². The summed E-state index contributed by atoms with van der Waals surface area (Å²) in [6.07, 6.45) is 1.49. The summed E-state index contributed by atoms with van der Waals surface area (Å²) in [5.74, 6) is -1.41. The fourth-order valence-corrected chi connectivity index (χ4v) is 3.08. The maximum atomic E-state index is 13.4. The summed E-state index contributed by atoms with van der Waals surface area (Å²) >= 11 is 1.17. The van der Waals surface area contributed by atoms with Crippen molar-refractivity contribution in [3.63, 3.8) is 0 Å². The van der Waals surface area contributed by atoms with E-state index < -0.39 is 11.6 Å². The molecule has 0 fully saturated rings. The molecule has 0 aliphatic rings. The molecule has 23 heavy (non-hydrogen) atoms. The first kappa shape index (κ1) is 13.6. The molecule has 0 radical (unpaired) electrons. The van der Waals surface area contributed by atoms with Crippen molar-refractivity contribution in [2.75, 3.05) is 0 Å². The second-order valence-corrected chi connectivity index (χ2v) is 5.58.